The number of hydrogen-bond donors (Lipinski definition) is 1. The molecule has 1 aliphatic heterocycles. The lowest BCUT2D eigenvalue weighted by Gasteiger charge is -2.45. The Morgan fingerprint density at radius 1 is 0.667 bits per heavy atom. The van der Waals surface area contributed by atoms with Gasteiger partial charge in [-0.1, -0.05) is 147 Å². The molecule has 2 nitrogen and oxygen atoms in total. The summed E-state index contributed by atoms with van der Waals surface area (Å²) in [6, 6.07) is 35.7. The van der Waals surface area contributed by atoms with Crippen LogP contribution < -0.4 is 0 Å². The highest BCUT2D eigenvalue weighted by Crippen LogP contribution is 2.68. The van der Waals surface area contributed by atoms with Crippen LogP contribution in [0.2, 0.25) is 0 Å². The summed E-state index contributed by atoms with van der Waals surface area (Å²) in [5.41, 5.74) is 7.35. The van der Waals surface area contributed by atoms with Crippen LogP contribution in [0.3, 0.4) is 0 Å². The van der Waals surface area contributed by atoms with Gasteiger partial charge in [-0.2, -0.15) is 0 Å². The van der Waals surface area contributed by atoms with Crippen molar-refractivity contribution in [2.24, 2.45) is 10.4 Å². The third-order valence-corrected chi connectivity index (χ3v) is 11.5. The standard InChI is InChI=1S/C36H40NOP/c1-34(2,3)36(30-22-13-14-23-31(30)38)24-25-39(35(4,5)6)33(36)37-32-28(26-16-9-7-10-17-26)20-15-21-29(32)27-18-11-8-12-19-27/h7-23,38H,24-25H2,1-6H3. The van der Waals surface area contributed by atoms with Crippen molar-refractivity contribution < 1.29 is 5.11 Å². The molecule has 4 aromatic rings. The molecule has 1 N–H and O–H groups in total. The summed E-state index contributed by atoms with van der Waals surface area (Å²) >= 11 is 0. The largest absolute Gasteiger partial charge is 0.508 e. The van der Waals surface area contributed by atoms with Gasteiger partial charge in [-0.25, -0.2) is 0 Å². The second-order valence-electron chi connectivity index (χ2n) is 12.6. The van der Waals surface area contributed by atoms with Gasteiger partial charge in [-0.05, 0) is 40.3 Å². The Bertz CT molecular complexity index is 1420. The van der Waals surface area contributed by atoms with Crippen LogP contribution in [-0.4, -0.2) is 21.9 Å². The van der Waals surface area contributed by atoms with Crippen LogP contribution in [0, 0.1) is 5.41 Å². The Hall–Kier alpha value is -3.22. The quantitative estimate of drug-likeness (QED) is 0.260. The molecule has 0 amide bonds. The summed E-state index contributed by atoms with van der Waals surface area (Å²) in [5, 5.41) is 11.4. The van der Waals surface area contributed by atoms with E-state index in [1.807, 2.05) is 12.1 Å². The first kappa shape index (κ1) is 27.4. The maximum absolute atomic E-state index is 11.3. The van der Waals surface area contributed by atoms with E-state index in [2.05, 4.69) is 133 Å². The van der Waals surface area contributed by atoms with Gasteiger partial charge in [0.1, 0.15) is 5.75 Å². The number of phenols is 1. The smallest absolute Gasteiger partial charge is 0.119 e. The molecule has 0 spiro atoms. The zero-order valence-electron chi connectivity index (χ0n) is 24.1. The SMILES string of the molecule is CC(C)(C)P1CCC(c2ccccc2O)(C(C)(C)C)C1=Nc1c(-c2ccccc2)cccc1-c1ccccc1. The van der Waals surface area contributed by atoms with Gasteiger partial charge in [0.15, 0.2) is 0 Å². The Morgan fingerprint density at radius 3 is 1.67 bits per heavy atom. The average Bonchev–Trinajstić information content (AvgIpc) is 3.31. The van der Waals surface area contributed by atoms with Gasteiger partial charge in [-0.15, -0.1) is 0 Å². The van der Waals surface area contributed by atoms with Gasteiger partial charge in [0, 0.05) is 22.1 Å². The van der Waals surface area contributed by atoms with Crippen molar-refractivity contribution in [3.05, 3.63) is 109 Å². The number of phenolic OH excluding ortho intramolecular Hbond substituents is 1. The highest BCUT2D eigenvalue weighted by molar-refractivity contribution is 7.77. The van der Waals surface area contributed by atoms with E-state index in [0.717, 1.165) is 46.1 Å². The predicted octanol–water partition coefficient (Wildman–Crippen LogP) is 10.4. The topological polar surface area (TPSA) is 32.6 Å². The van der Waals surface area contributed by atoms with Crippen molar-refractivity contribution in [2.45, 2.75) is 58.5 Å². The normalized spacial score (nSPS) is 20.9. The number of aliphatic imine (C=N–C) groups is 1. The maximum Gasteiger partial charge on any atom is 0.119 e. The molecule has 2 atom stereocenters. The van der Waals surface area contributed by atoms with Crippen LogP contribution in [0.5, 0.6) is 5.75 Å². The minimum Gasteiger partial charge on any atom is -0.508 e. The van der Waals surface area contributed by atoms with Crippen LogP contribution in [0.25, 0.3) is 22.3 Å². The molecule has 0 bridgehead atoms. The predicted molar refractivity (Wildman–Crippen MR) is 170 cm³/mol. The summed E-state index contributed by atoms with van der Waals surface area (Å²) in [7, 11) is -0.585. The summed E-state index contributed by atoms with van der Waals surface area (Å²) in [5.74, 6) is 0.366. The van der Waals surface area contributed by atoms with Gasteiger partial charge in [0.2, 0.25) is 0 Å². The molecule has 1 fully saturated rings. The first-order valence-electron chi connectivity index (χ1n) is 13.9. The molecule has 3 heteroatoms. The van der Waals surface area contributed by atoms with Crippen LogP contribution in [0.4, 0.5) is 5.69 Å². The van der Waals surface area contributed by atoms with Crippen molar-refractivity contribution in [3.8, 4) is 28.0 Å². The van der Waals surface area contributed by atoms with Gasteiger partial charge in [0.25, 0.3) is 0 Å². The number of para-hydroxylation sites is 2. The van der Waals surface area contributed by atoms with Gasteiger partial charge < -0.3 is 5.11 Å². The summed E-state index contributed by atoms with van der Waals surface area (Å²) in [6.07, 6.45) is 2.07. The van der Waals surface area contributed by atoms with Crippen molar-refractivity contribution in [3.63, 3.8) is 0 Å². The molecular formula is C36H40NOP. The van der Waals surface area contributed by atoms with Crippen molar-refractivity contribution in [1.29, 1.82) is 0 Å². The number of hydrogen-bond acceptors (Lipinski definition) is 2. The monoisotopic (exact) mass is 533 g/mol. The van der Waals surface area contributed by atoms with Gasteiger partial charge >= 0.3 is 0 Å². The summed E-state index contributed by atoms with van der Waals surface area (Å²) in [6.45, 7) is 14.0. The van der Waals surface area contributed by atoms with Crippen LogP contribution in [0.1, 0.15) is 53.5 Å². The molecule has 0 aromatic heterocycles. The van der Waals surface area contributed by atoms with Gasteiger partial charge in [0.05, 0.1) is 11.1 Å². The van der Waals surface area contributed by atoms with Crippen molar-refractivity contribution in [1.82, 2.24) is 0 Å². The number of benzene rings is 4. The van der Waals surface area contributed by atoms with Crippen LogP contribution >= 0.6 is 7.92 Å². The minimum atomic E-state index is -0.585. The van der Waals surface area contributed by atoms with Crippen LogP contribution in [-0.2, 0) is 5.41 Å². The molecule has 1 heterocycles. The number of aromatic hydroxyl groups is 1. The fourth-order valence-corrected chi connectivity index (χ4v) is 9.54. The molecule has 0 radical (unpaired) electrons. The molecule has 5 rings (SSSR count). The van der Waals surface area contributed by atoms with Crippen molar-refractivity contribution in [2.75, 3.05) is 6.16 Å². The molecule has 1 aliphatic rings. The Labute approximate surface area is 235 Å². The third-order valence-electron chi connectivity index (χ3n) is 8.23. The summed E-state index contributed by atoms with van der Waals surface area (Å²) < 4.78 is 0. The van der Waals surface area contributed by atoms with E-state index >= 15 is 0 Å². The summed E-state index contributed by atoms with van der Waals surface area (Å²) in [4.78, 5) is 5.83. The fraction of sp³-hybridized carbons (Fsp3) is 0.306. The van der Waals surface area contributed by atoms with Gasteiger partial charge in [-0.3, -0.25) is 4.99 Å². The third kappa shape index (κ3) is 4.96. The van der Waals surface area contributed by atoms with E-state index in [1.54, 1.807) is 0 Å². The maximum atomic E-state index is 11.3. The van der Waals surface area contributed by atoms with E-state index in [4.69, 9.17) is 4.99 Å². The lowest BCUT2D eigenvalue weighted by atomic mass is 9.61. The Balaban J connectivity index is 1.89. The Kier molecular flexibility index (Phi) is 7.29. The zero-order valence-corrected chi connectivity index (χ0v) is 25.0. The van der Waals surface area contributed by atoms with Crippen LogP contribution in [0.15, 0.2) is 108 Å². The molecule has 200 valence electrons. The molecule has 0 aliphatic carbocycles. The van der Waals surface area contributed by atoms with E-state index in [0.29, 0.717) is 5.75 Å². The van der Waals surface area contributed by atoms with Crippen molar-refractivity contribution >= 4 is 19.1 Å². The lowest BCUT2D eigenvalue weighted by Crippen LogP contribution is -2.44. The second-order valence-corrected chi connectivity index (χ2v) is 15.7. The lowest BCUT2D eigenvalue weighted by molar-refractivity contribution is 0.253. The van der Waals surface area contributed by atoms with E-state index in [1.165, 1.54) is 5.45 Å². The molecule has 0 saturated carbocycles. The highest BCUT2D eigenvalue weighted by atomic mass is 31.1. The van der Waals surface area contributed by atoms with E-state index in [-0.39, 0.29) is 16.0 Å². The van der Waals surface area contributed by atoms with E-state index < -0.39 is 7.92 Å². The molecule has 4 aromatic carbocycles. The number of nitrogens with zero attached hydrogens (tertiary/aromatic N) is 1. The first-order chi connectivity index (χ1) is 18.5. The average molecular weight is 534 g/mol. The molecule has 39 heavy (non-hydrogen) atoms. The number of rotatable bonds is 4. The minimum absolute atomic E-state index is 0.0835. The molecule has 1 saturated heterocycles. The molecule has 2 unspecified atom stereocenters. The zero-order chi connectivity index (χ0) is 27.8. The second kappa shape index (κ2) is 10.4. The highest BCUT2D eigenvalue weighted by Gasteiger charge is 2.57. The first-order valence-corrected chi connectivity index (χ1v) is 15.5. The molecular weight excluding hydrogens is 493 g/mol. The Morgan fingerprint density at radius 2 is 1.18 bits per heavy atom. The fourth-order valence-electron chi connectivity index (χ4n) is 6.21. The van der Waals surface area contributed by atoms with E-state index in [9.17, 15) is 5.11 Å².